The molecule has 37 heavy (non-hydrogen) atoms. The minimum Gasteiger partial charge on any atom is -0.493 e. The Morgan fingerprint density at radius 3 is 2.22 bits per heavy atom. The van der Waals surface area contributed by atoms with E-state index in [1.807, 2.05) is 60.7 Å². The van der Waals surface area contributed by atoms with Crippen LogP contribution in [0.2, 0.25) is 0 Å². The van der Waals surface area contributed by atoms with Gasteiger partial charge in [-0.3, -0.25) is 30.6 Å². The summed E-state index contributed by atoms with van der Waals surface area (Å²) in [6, 6.07) is 26.4. The van der Waals surface area contributed by atoms with Crippen molar-refractivity contribution in [3.63, 3.8) is 0 Å². The molecule has 1 heterocycles. The highest BCUT2D eigenvalue weighted by Crippen LogP contribution is 2.20. The van der Waals surface area contributed by atoms with E-state index in [4.69, 9.17) is 17.0 Å². The Labute approximate surface area is 221 Å². The number of thiocarbonyl (C=S) groups is 1. The van der Waals surface area contributed by atoms with Crippen LogP contribution in [0.25, 0.3) is 0 Å². The summed E-state index contributed by atoms with van der Waals surface area (Å²) in [5.74, 6) is -0.706. The first-order valence-corrected chi connectivity index (χ1v) is 12.4. The van der Waals surface area contributed by atoms with E-state index in [0.717, 1.165) is 12.0 Å². The Morgan fingerprint density at radius 2 is 1.54 bits per heavy atom. The highest BCUT2D eigenvalue weighted by atomic mass is 32.1. The monoisotopic (exact) mass is 516 g/mol. The van der Waals surface area contributed by atoms with Gasteiger partial charge in [-0.05, 0) is 47.6 Å². The van der Waals surface area contributed by atoms with Gasteiger partial charge in [-0.2, -0.15) is 0 Å². The van der Waals surface area contributed by atoms with E-state index in [2.05, 4.69) is 16.2 Å². The topological polar surface area (TPSA) is 99.8 Å². The molecule has 3 aromatic rings. The smallest absolute Gasteiger partial charge is 0.257 e. The Hall–Kier alpha value is -4.24. The largest absolute Gasteiger partial charge is 0.493 e. The molecule has 0 aromatic heterocycles. The number of hydrogen-bond donors (Lipinski definition) is 3. The molecule has 8 nitrogen and oxygen atoms in total. The molecule has 1 atom stereocenters. The van der Waals surface area contributed by atoms with Crippen LogP contribution >= 0.6 is 12.2 Å². The SMILES string of the molecule is O=C(NC(=S)NNC(=O)C1CC(=O)N(Cc2ccccc2)C1)c1ccc(OCCc2ccccc2)cc1. The van der Waals surface area contributed by atoms with Gasteiger partial charge in [0.15, 0.2) is 5.11 Å². The van der Waals surface area contributed by atoms with Crippen LogP contribution < -0.4 is 20.9 Å². The number of hydrogen-bond acceptors (Lipinski definition) is 5. The molecule has 0 radical (unpaired) electrons. The van der Waals surface area contributed by atoms with Gasteiger partial charge in [-0.25, -0.2) is 0 Å². The van der Waals surface area contributed by atoms with Crippen LogP contribution in [0.3, 0.4) is 0 Å². The molecule has 9 heteroatoms. The number of nitrogens with one attached hydrogen (secondary N) is 3. The molecule has 1 fully saturated rings. The minimum absolute atomic E-state index is 0.0491. The van der Waals surface area contributed by atoms with Gasteiger partial charge in [0.2, 0.25) is 11.8 Å². The molecular formula is C28H28N4O4S. The molecule has 1 unspecified atom stereocenters. The fourth-order valence-electron chi connectivity index (χ4n) is 3.97. The van der Waals surface area contributed by atoms with Crippen LogP contribution in [0, 0.1) is 5.92 Å². The van der Waals surface area contributed by atoms with Crippen LogP contribution in [-0.2, 0) is 22.6 Å². The number of carbonyl (C=O) groups excluding carboxylic acids is 3. The van der Waals surface area contributed by atoms with Crippen LogP contribution in [0.1, 0.15) is 27.9 Å². The van der Waals surface area contributed by atoms with Crippen molar-refractivity contribution in [2.24, 2.45) is 5.92 Å². The highest BCUT2D eigenvalue weighted by Gasteiger charge is 2.34. The molecule has 3 amide bonds. The van der Waals surface area contributed by atoms with E-state index in [1.54, 1.807) is 29.2 Å². The van der Waals surface area contributed by atoms with Crippen molar-refractivity contribution < 1.29 is 19.1 Å². The lowest BCUT2D eigenvalue weighted by Gasteiger charge is -2.17. The van der Waals surface area contributed by atoms with Gasteiger partial charge in [0.25, 0.3) is 5.91 Å². The zero-order chi connectivity index (χ0) is 26.0. The summed E-state index contributed by atoms with van der Waals surface area (Å²) in [5.41, 5.74) is 7.62. The van der Waals surface area contributed by atoms with E-state index in [0.29, 0.717) is 31.0 Å². The molecule has 0 saturated carbocycles. The maximum Gasteiger partial charge on any atom is 0.257 e. The summed E-state index contributed by atoms with van der Waals surface area (Å²) >= 11 is 5.13. The van der Waals surface area contributed by atoms with Crippen molar-refractivity contribution in [2.75, 3.05) is 13.2 Å². The van der Waals surface area contributed by atoms with Gasteiger partial charge in [0.1, 0.15) is 5.75 Å². The van der Waals surface area contributed by atoms with Crippen molar-refractivity contribution in [3.05, 3.63) is 102 Å². The normalized spacial score (nSPS) is 14.6. The fourth-order valence-corrected chi connectivity index (χ4v) is 4.11. The molecule has 3 aromatic carbocycles. The van der Waals surface area contributed by atoms with Crippen molar-refractivity contribution in [2.45, 2.75) is 19.4 Å². The minimum atomic E-state index is -0.503. The summed E-state index contributed by atoms with van der Waals surface area (Å²) in [7, 11) is 0. The van der Waals surface area contributed by atoms with Gasteiger partial charge in [-0.1, -0.05) is 60.7 Å². The molecule has 1 saturated heterocycles. The molecule has 0 bridgehead atoms. The Kier molecular flexibility index (Phi) is 8.83. The van der Waals surface area contributed by atoms with Gasteiger partial charge >= 0.3 is 0 Å². The van der Waals surface area contributed by atoms with Crippen molar-refractivity contribution in [1.82, 2.24) is 21.1 Å². The summed E-state index contributed by atoms with van der Waals surface area (Å²) in [6.07, 6.45) is 0.911. The highest BCUT2D eigenvalue weighted by molar-refractivity contribution is 7.80. The second kappa shape index (κ2) is 12.6. The molecular weight excluding hydrogens is 488 g/mol. The van der Waals surface area contributed by atoms with Crippen LogP contribution in [-0.4, -0.2) is 40.9 Å². The third-order valence-corrected chi connectivity index (χ3v) is 6.15. The Morgan fingerprint density at radius 1 is 0.892 bits per heavy atom. The summed E-state index contributed by atoms with van der Waals surface area (Å²) in [6.45, 7) is 1.31. The van der Waals surface area contributed by atoms with Gasteiger partial charge in [0, 0.05) is 31.5 Å². The lowest BCUT2D eigenvalue weighted by molar-refractivity contribution is -0.129. The number of nitrogens with zero attached hydrogens (tertiary/aromatic N) is 1. The Balaban J connectivity index is 1.17. The number of likely N-dealkylation sites (tertiary alicyclic amines) is 1. The van der Waals surface area contributed by atoms with Gasteiger partial charge in [-0.15, -0.1) is 0 Å². The van der Waals surface area contributed by atoms with Crippen LogP contribution in [0.5, 0.6) is 5.75 Å². The van der Waals surface area contributed by atoms with E-state index in [1.165, 1.54) is 5.56 Å². The quantitative estimate of drug-likeness (QED) is 0.315. The summed E-state index contributed by atoms with van der Waals surface area (Å²) in [4.78, 5) is 39.0. The molecule has 0 aliphatic carbocycles. The number of benzene rings is 3. The number of carbonyl (C=O) groups is 3. The zero-order valence-electron chi connectivity index (χ0n) is 20.2. The zero-order valence-corrected chi connectivity index (χ0v) is 21.0. The second-order valence-corrected chi connectivity index (χ2v) is 9.08. The van der Waals surface area contributed by atoms with Gasteiger partial charge in [0.05, 0.1) is 12.5 Å². The molecule has 0 spiro atoms. The summed E-state index contributed by atoms with van der Waals surface area (Å²) in [5, 5.41) is 2.48. The molecule has 1 aliphatic heterocycles. The molecule has 3 N–H and O–H groups in total. The first-order valence-electron chi connectivity index (χ1n) is 12.0. The summed E-state index contributed by atoms with van der Waals surface area (Å²) < 4.78 is 5.74. The first-order chi connectivity index (χ1) is 18.0. The van der Waals surface area contributed by atoms with E-state index in [-0.39, 0.29) is 23.3 Å². The predicted molar refractivity (Wildman–Crippen MR) is 143 cm³/mol. The number of rotatable bonds is 8. The third kappa shape index (κ3) is 7.62. The second-order valence-electron chi connectivity index (χ2n) is 8.67. The number of amides is 3. The predicted octanol–water partition coefficient (Wildman–Crippen LogP) is 2.99. The van der Waals surface area contributed by atoms with Crippen LogP contribution in [0.4, 0.5) is 0 Å². The maximum absolute atomic E-state index is 12.5. The molecule has 190 valence electrons. The average Bonchev–Trinajstić information content (AvgIpc) is 3.28. The standard InChI is InChI=1S/C28H28N4O4S/c33-25-17-23(19-32(25)18-21-9-5-2-6-10-21)27(35)30-31-28(37)29-26(34)22-11-13-24(14-12-22)36-16-15-20-7-3-1-4-8-20/h1-14,23H,15-19H2,(H,30,35)(H2,29,31,34,37). The van der Waals surface area contributed by atoms with E-state index >= 15 is 0 Å². The van der Waals surface area contributed by atoms with Crippen molar-refractivity contribution >= 4 is 35.1 Å². The number of hydrazine groups is 1. The van der Waals surface area contributed by atoms with E-state index < -0.39 is 11.8 Å². The third-order valence-electron chi connectivity index (χ3n) is 5.95. The lowest BCUT2D eigenvalue weighted by Crippen LogP contribution is -2.50. The van der Waals surface area contributed by atoms with E-state index in [9.17, 15) is 14.4 Å². The fraction of sp³-hybridized carbons (Fsp3) is 0.214. The van der Waals surface area contributed by atoms with Crippen molar-refractivity contribution in [3.8, 4) is 5.75 Å². The van der Waals surface area contributed by atoms with Crippen LogP contribution in [0.15, 0.2) is 84.9 Å². The molecule has 4 rings (SSSR count). The average molecular weight is 517 g/mol. The molecule has 1 aliphatic rings. The number of ether oxygens (including phenoxy) is 1. The van der Waals surface area contributed by atoms with Gasteiger partial charge < -0.3 is 9.64 Å². The first kappa shape index (κ1) is 25.8. The van der Waals surface area contributed by atoms with Crippen molar-refractivity contribution in [1.29, 1.82) is 0 Å². The maximum atomic E-state index is 12.5. The Bertz CT molecular complexity index is 1240. The lowest BCUT2D eigenvalue weighted by atomic mass is 10.1.